The van der Waals surface area contributed by atoms with E-state index in [0.717, 1.165) is 19.5 Å². The van der Waals surface area contributed by atoms with Gasteiger partial charge in [0.15, 0.2) is 5.69 Å². The maximum Gasteiger partial charge on any atom is 0.480 e. The van der Waals surface area contributed by atoms with Crippen LogP contribution in [0.1, 0.15) is 52.1 Å². The number of hydrogen-bond acceptors (Lipinski definition) is 11. The molecule has 2 amide bonds. The lowest BCUT2D eigenvalue weighted by Gasteiger charge is -2.35. The molecule has 1 saturated heterocycles. The largest absolute Gasteiger partial charge is 0.480 e. The second-order valence-corrected chi connectivity index (χ2v) is 13.4. The van der Waals surface area contributed by atoms with Gasteiger partial charge in [-0.3, -0.25) is 4.79 Å². The first-order valence-corrected chi connectivity index (χ1v) is 15.9. The molecule has 2 fully saturated rings. The Kier molecular flexibility index (Phi) is 11.8. The van der Waals surface area contributed by atoms with Crippen molar-refractivity contribution in [3.8, 4) is 5.88 Å². The van der Waals surface area contributed by atoms with Crippen molar-refractivity contribution >= 4 is 52.1 Å². The number of nitrogens with zero attached hydrogens (tertiary/aromatic N) is 3. The van der Waals surface area contributed by atoms with Crippen molar-refractivity contribution in [3.05, 3.63) is 42.0 Å². The van der Waals surface area contributed by atoms with Gasteiger partial charge in [0.05, 0.1) is 37.4 Å². The number of alkyl carbamates (subject to hydrolysis) is 1. The second-order valence-electron chi connectivity index (χ2n) is 12.4. The topological polar surface area (TPSA) is 170 Å². The number of alkyl halides is 3. The number of methoxy groups -OCH3 is 1. The molecule has 3 N–H and O–H groups in total. The first-order chi connectivity index (χ1) is 22.1. The molecule has 0 radical (unpaired) electrons. The average molecular weight is 727 g/mol. The number of amides is 2. The smallest absolute Gasteiger partial charge is 0.471 e. The van der Waals surface area contributed by atoms with E-state index in [0.29, 0.717) is 18.4 Å². The van der Waals surface area contributed by atoms with Gasteiger partial charge in [0, 0.05) is 6.42 Å². The number of carbonyl (C=O) groups is 3. The standard InChI is InChI=1S/C30H38BBrF2N4O9/c1-29(2,3)24(37-28(41)47-22-12-7-11-21(22)45-14-8-13-31(42)43)26(39)38-16-17(15-20(38)27(40)44-4)46-25-23(30(32,33)34)35-18-9-5-6-10-19(18)36-25/h5-6,8-10,13,17,20-22,24,42-43H,7,11-12,14-16H2,1-4H3,(H,37,41)/b13-8+/t17-,20+,21-,22-,24-/m1/s1. The van der Waals surface area contributed by atoms with Crippen LogP contribution in [0.5, 0.6) is 5.88 Å². The Balaban J connectivity index is 1.50. The molecule has 5 atom stereocenters. The molecule has 13 nitrogen and oxygen atoms in total. The minimum absolute atomic E-state index is 0.0829. The Morgan fingerprint density at radius 3 is 2.43 bits per heavy atom. The molecule has 1 aromatic carbocycles. The Labute approximate surface area is 279 Å². The zero-order valence-corrected chi connectivity index (χ0v) is 28.0. The quantitative estimate of drug-likeness (QED) is 0.177. The molecule has 17 heteroatoms. The van der Waals surface area contributed by atoms with Crippen LogP contribution in [0, 0.1) is 5.41 Å². The third-order valence-corrected chi connectivity index (χ3v) is 8.22. The number of carbonyl (C=O) groups excluding carboxylic acids is 3. The highest BCUT2D eigenvalue weighted by molar-refractivity contribution is 9.09. The monoisotopic (exact) mass is 726 g/mol. The molecular weight excluding hydrogens is 689 g/mol. The summed E-state index contributed by atoms with van der Waals surface area (Å²) < 4.78 is 51.3. The van der Waals surface area contributed by atoms with Gasteiger partial charge in [0.1, 0.15) is 24.3 Å². The zero-order chi connectivity index (χ0) is 34.5. The summed E-state index contributed by atoms with van der Waals surface area (Å²) in [4.78, 5) is 45.9. The van der Waals surface area contributed by atoms with E-state index in [4.69, 9.17) is 29.0 Å². The van der Waals surface area contributed by atoms with Crippen LogP contribution in [-0.4, -0.2) is 101 Å². The number of para-hydroxylation sites is 2. The summed E-state index contributed by atoms with van der Waals surface area (Å²) in [6, 6.07) is 4.12. The molecule has 2 heterocycles. The van der Waals surface area contributed by atoms with E-state index in [1.54, 1.807) is 39.0 Å². The van der Waals surface area contributed by atoms with Gasteiger partial charge in [-0.05, 0) is 52.7 Å². The van der Waals surface area contributed by atoms with Gasteiger partial charge in [-0.25, -0.2) is 19.6 Å². The second kappa shape index (κ2) is 15.2. The molecule has 0 spiro atoms. The Morgan fingerprint density at radius 2 is 1.81 bits per heavy atom. The van der Waals surface area contributed by atoms with Gasteiger partial charge < -0.3 is 39.2 Å². The van der Waals surface area contributed by atoms with Gasteiger partial charge in [0.25, 0.3) is 0 Å². The van der Waals surface area contributed by atoms with Crippen molar-refractivity contribution in [1.82, 2.24) is 20.2 Å². The molecule has 4 rings (SSSR count). The lowest BCUT2D eigenvalue weighted by atomic mass is 9.85. The average Bonchev–Trinajstić information content (AvgIpc) is 3.62. The molecule has 1 aliphatic carbocycles. The first-order valence-electron chi connectivity index (χ1n) is 15.1. The lowest BCUT2D eigenvalue weighted by molar-refractivity contribution is -0.152. The van der Waals surface area contributed by atoms with Crippen LogP contribution < -0.4 is 10.1 Å². The number of benzene rings is 1. The van der Waals surface area contributed by atoms with E-state index in [1.807, 2.05) is 0 Å². The number of hydrogen-bond donors (Lipinski definition) is 3. The third-order valence-electron chi connectivity index (χ3n) is 7.84. The molecule has 47 heavy (non-hydrogen) atoms. The zero-order valence-electron chi connectivity index (χ0n) is 26.4. The van der Waals surface area contributed by atoms with Crippen molar-refractivity contribution < 1.29 is 52.2 Å². The van der Waals surface area contributed by atoms with Gasteiger partial charge in [-0.1, -0.05) is 45.0 Å². The fourth-order valence-corrected chi connectivity index (χ4v) is 5.83. The summed E-state index contributed by atoms with van der Waals surface area (Å²) in [5.41, 5.74) is -1.08. The van der Waals surface area contributed by atoms with Crippen LogP contribution in [0.3, 0.4) is 0 Å². The predicted octanol–water partition coefficient (Wildman–Crippen LogP) is 3.24. The molecule has 256 valence electrons. The van der Waals surface area contributed by atoms with Crippen LogP contribution in [0.2, 0.25) is 0 Å². The van der Waals surface area contributed by atoms with Crippen LogP contribution in [0.15, 0.2) is 36.3 Å². The minimum Gasteiger partial charge on any atom is -0.471 e. The molecule has 2 aliphatic rings. The van der Waals surface area contributed by atoms with Crippen LogP contribution >= 0.6 is 15.9 Å². The highest BCUT2D eigenvalue weighted by Crippen LogP contribution is 2.40. The lowest BCUT2D eigenvalue weighted by Crippen LogP contribution is -2.57. The Morgan fingerprint density at radius 1 is 1.15 bits per heavy atom. The number of ether oxygens (including phenoxy) is 4. The number of halogens is 3. The summed E-state index contributed by atoms with van der Waals surface area (Å²) in [5.74, 6) is -0.681. The van der Waals surface area contributed by atoms with E-state index in [-0.39, 0.29) is 25.1 Å². The van der Waals surface area contributed by atoms with Crippen molar-refractivity contribution in [1.29, 1.82) is 0 Å². The number of rotatable bonds is 11. The summed E-state index contributed by atoms with van der Waals surface area (Å²) in [7, 11) is -0.442. The van der Waals surface area contributed by atoms with Gasteiger partial charge in [-0.2, -0.15) is 8.78 Å². The van der Waals surface area contributed by atoms with Crippen LogP contribution in [0.25, 0.3) is 11.0 Å². The fraction of sp³-hybridized carbons (Fsp3) is 0.567. The van der Waals surface area contributed by atoms with Gasteiger partial charge >= 0.3 is 24.0 Å². The fourth-order valence-electron chi connectivity index (χ4n) is 5.57. The minimum atomic E-state index is -3.58. The molecule has 2 aromatic rings. The highest BCUT2D eigenvalue weighted by atomic mass is 79.9. The summed E-state index contributed by atoms with van der Waals surface area (Å²) >= 11 is 2.34. The third kappa shape index (κ3) is 9.36. The van der Waals surface area contributed by atoms with E-state index in [2.05, 4.69) is 31.2 Å². The van der Waals surface area contributed by atoms with Crippen LogP contribution in [-0.2, 0) is 28.6 Å². The molecule has 1 aliphatic heterocycles. The van der Waals surface area contributed by atoms with Crippen molar-refractivity contribution in [2.75, 3.05) is 20.3 Å². The van der Waals surface area contributed by atoms with Crippen molar-refractivity contribution in [2.24, 2.45) is 5.41 Å². The maximum atomic E-state index is 14.5. The molecule has 0 bridgehead atoms. The molecule has 1 saturated carbocycles. The molecule has 0 unspecified atom stereocenters. The highest BCUT2D eigenvalue weighted by Gasteiger charge is 2.47. The Hall–Kier alpha value is -3.41. The SMILES string of the molecule is COC(=O)[C@@H]1C[C@@H](Oc2nc3ccccc3nc2C(F)(F)Br)CN1C(=O)[C@@H](NC(=O)O[C@@H]1CCC[C@H]1OC/C=C/B(O)O)C(C)(C)C. The van der Waals surface area contributed by atoms with Crippen molar-refractivity contribution in [2.45, 2.75) is 81.7 Å². The van der Waals surface area contributed by atoms with E-state index < -0.39 is 77.3 Å². The Bertz CT molecular complexity index is 1470. The summed E-state index contributed by atoms with van der Waals surface area (Å²) in [6.07, 6.45) is 0.389. The number of nitrogens with one attached hydrogen (secondary N) is 1. The molecule has 1 aromatic heterocycles. The predicted molar refractivity (Wildman–Crippen MR) is 168 cm³/mol. The van der Waals surface area contributed by atoms with E-state index in [9.17, 15) is 23.2 Å². The number of fused-ring (bicyclic) bond motifs is 1. The van der Waals surface area contributed by atoms with Crippen molar-refractivity contribution in [3.63, 3.8) is 0 Å². The maximum absolute atomic E-state index is 14.5. The van der Waals surface area contributed by atoms with Gasteiger partial charge in [0.2, 0.25) is 11.8 Å². The summed E-state index contributed by atoms with van der Waals surface area (Å²) in [5, 5.41) is 20.5. The normalized spacial score (nSPS) is 22.4. The molecular formula is C30H38BBrF2N4O9. The number of esters is 1. The van der Waals surface area contributed by atoms with E-state index in [1.165, 1.54) is 17.0 Å². The number of aromatic nitrogens is 2. The number of likely N-dealkylation sites (tertiary alicyclic amines) is 1. The first kappa shape index (κ1) is 36.4. The van der Waals surface area contributed by atoms with Crippen LogP contribution in [0.4, 0.5) is 13.6 Å². The van der Waals surface area contributed by atoms with E-state index >= 15 is 0 Å². The summed E-state index contributed by atoms with van der Waals surface area (Å²) in [6.45, 7) is 5.07. The van der Waals surface area contributed by atoms with Gasteiger partial charge in [-0.15, -0.1) is 0 Å².